The molecule has 4 aliphatic heterocycles. The minimum atomic E-state index is 0.127. The van der Waals surface area contributed by atoms with E-state index < -0.39 is 0 Å². The normalized spacial score (nSPS) is 36.1. The molecule has 148 valence electrons. The van der Waals surface area contributed by atoms with Crippen LogP contribution in [0.25, 0.3) is 0 Å². The van der Waals surface area contributed by atoms with E-state index >= 15 is 0 Å². The Morgan fingerprint density at radius 3 is 2.00 bits per heavy atom. The summed E-state index contributed by atoms with van der Waals surface area (Å²) in [6.45, 7) is 12.7. The van der Waals surface area contributed by atoms with E-state index in [2.05, 4.69) is 47.4 Å². The van der Waals surface area contributed by atoms with E-state index in [-0.39, 0.29) is 5.54 Å². The van der Waals surface area contributed by atoms with Crippen LogP contribution in [0.2, 0.25) is 0 Å². The van der Waals surface area contributed by atoms with E-state index in [1.165, 1.54) is 45.3 Å². The Hall–Kier alpha value is -0.650. The SMILES string of the molecule is CCN1C2CCC1CN(C(C)(C)CCC(=O)N1C3CCC1CN(C)C3)C2. The maximum absolute atomic E-state index is 13.0. The van der Waals surface area contributed by atoms with Crippen molar-refractivity contribution >= 4 is 5.91 Å². The van der Waals surface area contributed by atoms with E-state index in [0.717, 1.165) is 31.6 Å². The Morgan fingerprint density at radius 1 is 0.923 bits per heavy atom. The number of carbonyl (C=O) groups is 1. The summed E-state index contributed by atoms with van der Waals surface area (Å²) in [7, 11) is 2.19. The summed E-state index contributed by atoms with van der Waals surface area (Å²) < 4.78 is 0. The fourth-order valence-electron chi connectivity index (χ4n) is 6.22. The van der Waals surface area contributed by atoms with E-state index in [4.69, 9.17) is 0 Å². The third-order valence-corrected chi connectivity index (χ3v) is 7.76. The van der Waals surface area contributed by atoms with Gasteiger partial charge in [0.05, 0.1) is 0 Å². The number of amides is 1. The zero-order valence-corrected chi connectivity index (χ0v) is 17.3. The van der Waals surface area contributed by atoms with Gasteiger partial charge >= 0.3 is 0 Å². The van der Waals surface area contributed by atoms with E-state index in [1.54, 1.807) is 0 Å². The van der Waals surface area contributed by atoms with Crippen molar-refractivity contribution in [2.75, 3.05) is 39.8 Å². The summed E-state index contributed by atoms with van der Waals surface area (Å²) in [6.07, 6.45) is 6.82. The van der Waals surface area contributed by atoms with Crippen molar-refractivity contribution in [3.63, 3.8) is 0 Å². The van der Waals surface area contributed by atoms with Gasteiger partial charge in [-0.3, -0.25) is 14.6 Å². The lowest BCUT2D eigenvalue weighted by molar-refractivity contribution is -0.137. The molecule has 4 heterocycles. The molecule has 0 aromatic rings. The van der Waals surface area contributed by atoms with Gasteiger partial charge < -0.3 is 9.80 Å². The van der Waals surface area contributed by atoms with Crippen LogP contribution in [0, 0.1) is 0 Å². The van der Waals surface area contributed by atoms with Crippen LogP contribution in [-0.4, -0.2) is 95.0 Å². The Kier molecular flexibility index (Phi) is 5.08. The highest BCUT2D eigenvalue weighted by molar-refractivity contribution is 5.77. The predicted molar refractivity (Wildman–Crippen MR) is 105 cm³/mol. The van der Waals surface area contributed by atoms with Gasteiger partial charge in [0.25, 0.3) is 0 Å². The summed E-state index contributed by atoms with van der Waals surface area (Å²) in [5.74, 6) is 0.411. The summed E-state index contributed by atoms with van der Waals surface area (Å²) in [5.41, 5.74) is 0.127. The van der Waals surface area contributed by atoms with Crippen LogP contribution in [0.4, 0.5) is 0 Å². The number of piperazine rings is 2. The van der Waals surface area contributed by atoms with Gasteiger partial charge in [-0.15, -0.1) is 0 Å². The van der Waals surface area contributed by atoms with Crippen LogP contribution < -0.4 is 0 Å². The summed E-state index contributed by atoms with van der Waals surface area (Å²) in [5, 5.41) is 0. The first kappa shape index (κ1) is 18.7. The average Bonchev–Trinajstić information content (AvgIpc) is 3.01. The molecule has 4 bridgehead atoms. The minimum Gasteiger partial charge on any atom is -0.334 e. The molecule has 5 nitrogen and oxygen atoms in total. The molecule has 4 fully saturated rings. The van der Waals surface area contributed by atoms with E-state index in [0.29, 0.717) is 24.4 Å². The minimum absolute atomic E-state index is 0.127. The molecule has 4 rings (SSSR count). The van der Waals surface area contributed by atoms with Crippen molar-refractivity contribution < 1.29 is 4.79 Å². The monoisotopic (exact) mass is 362 g/mol. The third-order valence-electron chi connectivity index (χ3n) is 7.76. The van der Waals surface area contributed by atoms with Crippen LogP contribution in [-0.2, 0) is 4.79 Å². The maximum atomic E-state index is 13.0. The molecule has 4 aliphatic rings. The smallest absolute Gasteiger partial charge is 0.223 e. The second-order valence-electron chi connectivity index (χ2n) is 9.84. The molecule has 5 heteroatoms. The molecule has 0 spiro atoms. The molecule has 0 radical (unpaired) electrons. The fraction of sp³-hybridized carbons (Fsp3) is 0.952. The number of likely N-dealkylation sites (N-methyl/N-ethyl adjacent to an activating group) is 2. The molecule has 1 amide bonds. The quantitative estimate of drug-likeness (QED) is 0.748. The molecule has 26 heavy (non-hydrogen) atoms. The number of hydrogen-bond acceptors (Lipinski definition) is 4. The van der Waals surface area contributed by atoms with Gasteiger partial charge in [0.1, 0.15) is 0 Å². The Balaban J connectivity index is 1.33. The summed E-state index contributed by atoms with van der Waals surface area (Å²) in [6, 6.07) is 2.42. The lowest BCUT2D eigenvalue weighted by Gasteiger charge is -2.48. The van der Waals surface area contributed by atoms with Gasteiger partial charge in [0.2, 0.25) is 5.91 Å². The zero-order valence-electron chi connectivity index (χ0n) is 17.3. The lowest BCUT2D eigenvalue weighted by Crippen LogP contribution is -2.59. The molecular weight excluding hydrogens is 324 g/mol. The van der Waals surface area contributed by atoms with Crippen LogP contribution in [0.15, 0.2) is 0 Å². The maximum Gasteiger partial charge on any atom is 0.223 e. The predicted octanol–water partition coefficient (Wildman–Crippen LogP) is 2.02. The van der Waals surface area contributed by atoms with E-state index in [9.17, 15) is 4.79 Å². The molecule has 0 N–H and O–H groups in total. The second kappa shape index (κ2) is 7.06. The highest BCUT2D eigenvalue weighted by Gasteiger charge is 2.44. The first-order valence-electron chi connectivity index (χ1n) is 10.9. The zero-order chi connectivity index (χ0) is 18.5. The van der Waals surface area contributed by atoms with Crippen molar-refractivity contribution in [3.8, 4) is 0 Å². The number of hydrogen-bond donors (Lipinski definition) is 0. The van der Waals surface area contributed by atoms with E-state index in [1.807, 2.05) is 0 Å². The molecule has 0 saturated carbocycles. The van der Waals surface area contributed by atoms with Crippen LogP contribution >= 0.6 is 0 Å². The largest absolute Gasteiger partial charge is 0.334 e. The summed E-state index contributed by atoms with van der Waals surface area (Å²) >= 11 is 0. The molecule has 4 atom stereocenters. The first-order chi connectivity index (χ1) is 12.4. The van der Waals surface area contributed by atoms with Gasteiger partial charge in [-0.2, -0.15) is 0 Å². The van der Waals surface area contributed by atoms with Gasteiger partial charge in [-0.1, -0.05) is 6.92 Å². The Labute approximate surface area is 159 Å². The van der Waals surface area contributed by atoms with Crippen molar-refractivity contribution in [2.45, 2.75) is 89.0 Å². The third kappa shape index (κ3) is 3.31. The summed E-state index contributed by atoms with van der Waals surface area (Å²) in [4.78, 5) is 23.1. The number of nitrogens with zero attached hydrogens (tertiary/aromatic N) is 4. The van der Waals surface area contributed by atoms with Gasteiger partial charge in [0, 0.05) is 62.3 Å². The second-order valence-corrected chi connectivity index (χ2v) is 9.84. The Morgan fingerprint density at radius 2 is 1.46 bits per heavy atom. The van der Waals surface area contributed by atoms with Crippen molar-refractivity contribution in [3.05, 3.63) is 0 Å². The molecule has 0 aromatic carbocycles. The standard InChI is InChI=1S/C21H38N4O/c1-5-24-16-6-7-17(24)15-23(14-16)21(2,3)11-10-20(26)25-18-8-9-19(25)13-22(4)12-18/h16-19H,5-15H2,1-4H3. The lowest BCUT2D eigenvalue weighted by atomic mass is 9.93. The van der Waals surface area contributed by atoms with Crippen molar-refractivity contribution in [1.29, 1.82) is 0 Å². The van der Waals surface area contributed by atoms with Gasteiger partial charge in [0.15, 0.2) is 0 Å². The van der Waals surface area contributed by atoms with Crippen molar-refractivity contribution in [2.24, 2.45) is 0 Å². The Bertz CT molecular complexity index is 508. The number of likely N-dealkylation sites (tertiary alicyclic amines) is 2. The number of carbonyl (C=O) groups excluding carboxylic acids is 1. The fourth-order valence-corrected chi connectivity index (χ4v) is 6.22. The molecule has 4 unspecified atom stereocenters. The van der Waals surface area contributed by atoms with Gasteiger partial charge in [-0.25, -0.2) is 0 Å². The highest BCUT2D eigenvalue weighted by Crippen LogP contribution is 2.35. The van der Waals surface area contributed by atoms with Crippen LogP contribution in [0.5, 0.6) is 0 Å². The van der Waals surface area contributed by atoms with Crippen LogP contribution in [0.3, 0.4) is 0 Å². The average molecular weight is 363 g/mol. The molecule has 0 aromatic heterocycles. The van der Waals surface area contributed by atoms with Crippen LogP contribution in [0.1, 0.15) is 59.3 Å². The molecule has 4 saturated heterocycles. The molecular formula is C21H38N4O. The first-order valence-corrected chi connectivity index (χ1v) is 10.9. The molecule has 0 aliphatic carbocycles. The topological polar surface area (TPSA) is 30.0 Å². The highest BCUT2D eigenvalue weighted by atomic mass is 16.2. The van der Waals surface area contributed by atoms with Crippen molar-refractivity contribution in [1.82, 2.24) is 19.6 Å². The number of rotatable bonds is 5. The van der Waals surface area contributed by atoms with Gasteiger partial charge in [-0.05, 0) is 59.5 Å². The number of fused-ring (bicyclic) bond motifs is 4.